The topological polar surface area (TPSA) is 93.0 Å². The van der Waals surface area contributed by atoms with E-state index in [0.29, 0.717) is 11.2 Å². The van der Waals surface area contributed by atoms with E-state index in [1.807, 2.05) is 32.0 Å². The fourth-order valence-corrected chi connectivity index (χ4v) is 3.33. The van der Waals surface area contributed by atoms with Crippen LogP contribution in [0.15, 0.2) is 23.4 Å². The summed E-state index contributed by atoms with van der Waals surface area (Å²) in [4.78, 5) is 25.9. The molecule has 0 spiro atoms. The Balaban J connectivity index is 1.49. The fourth-order valence-electron chi connectivity index (χ4n) is 2.45. The molecule has 3 rings (SSSR count). The summed E-state index contributed by atoms with van der Waals surface area (Å²) in [7, 11) is 1.62. The highest BCUT2D eigenvalue weighted by Gasteiger charge is 2.28. The van der Waals surface area contributed by atoms with Crippen LogP contribution in [0.25, 0.3) is 0 Å². The summed E-state index contributed by atoms with van der Waals surface area (Å²) in [5, 5.41) is 15.1. The molecule has 1 aromatic heterocycles. The maximum absolute atomic E-state index is 12.3. The first-order valence-electron chi connectivity index (χ1n) is 8.46. The number of rotatable bonds is 7. The zero-order valence-electron chi connectivity index (χ0n) is 15.1. The van der Waals surface area contributed by atoms with Gasteiger partial charge in [0, 0.05) is 12.7 Å². The number of hydrogen-bond donors (Lipinski definition) is 1. The van der Waals surface area contributed by atoms with Crippen LogP contribution in [0.3, 0.4) is 0 Å². The fraction of sp³-hybridized carbons (Fsp3) is 0.471. The van der Waals surface area contributed by atoms with Gasteiger partial charge in [-0.1, -0.05) is 23.9 Å². The van der Waals surface area contributed by atoms with Crippen molar-refractivity contribution >= 4 is 29.3 Å². The Morgan fingerprint density at radius 3 is 2.85 bits per heavy atom. The van der Waals surface area contributed by atoms with Gasteiger partial charge in [0.25, 0.3) is 0 Å². The van der Waals surface area contributed by atoms with Gasteiger partial charge >= 0.3 is 0 Å². The van der Waals surface area contributed by atoms with Gasteiger partial charge in [0.15, 0.2) is 0 Å². The smallest absolute Gasteiger partial charge is 0.243 e. The molecule has 1 fully saturated rings. The van der Waals surface area contributed by atoms with Gasteiger partial charge in [-0.15, -0.1) is 5.10 Å². The number of hydrogen-bond acceptors (Lipinski definition) is 6. The lowest BCUT2D eigenvalue weighted by Gasteiger charge is -2.17. The summed E-state index contributed by atoms with van der Waals surface area (Å²) >= 11 is 1.30. The van der Waals surface area contributed by atoms with Crippen LogP contribution >= 0.6 is 11.8 Å². The number of aryl methyl sites for hydroxylation is 1. The van der Waals surface area contributed by atoms with Crippen LogP contribution < -0.4 is 5.32 Å². The molecule has 0 aliphatic heterocycles. The summed E-state index contributed by atoms with van der Waals surface area (Å²) in [6, 6.07) is 6.11. The number of tetrazole rings is 1. The molecule has 0 radical (unpaired) electrons. The number of carbonyl (C=O) groups excluding carboxylic acids is 2. The van der Waals surface area contributed by atoms with Gasteiger partial charge in [0.2, 0.25) is 17.0 Å². The molecule has 0 bridgehead atoms. The van der Waals surface area contributed by atoms with E-state index in [0.717, 1.165) is 29.7 Å². The molecule has 1 aliphatic rings. The maximum atomic E-state index is 12.3. The molecule has 1 heterocycles. The zero-order chi connectivity index (χ0) is 18.7. The summed E-state index contributed by atoms with van der Waals surface area (Å²) in [5.41, 5.74) is 2.91. The van der Waals surface area contributed by atoms with Crippen molar-refractivity contribution in [3.8, 4) is 0 Å². The monoisotopic (exact) mass is 374 g/mol. The number of thioether (sulfide) groups is 1. The second kappa shape index (κ2) is 7.86. The lowest BCUT2D eigenvalue weighted by atomic mass is 10.1. The van der Waals surface area contributed by atoms with Crippen molar-refractivity contribution in [1.82, 2.24) is 25.1 Å². The Bertz CT molecular complexity index is 817. The zero-order valence-corrected chi connectivity index (χ0v) is 15.9. The van der Waals surface area contributed by atoms with Crippen LogP contribution in [-0.2, 0) is 9.59 Å². The van der Waals surface area contributed by atoms with E-state index >= 15 is 0 Å². The Hall–Kier alpha value is -2.42. The van der Waals surface area contributed by atoms with Crippen molar-refractivity contribution in [2.45, 2.75) is 37.9 Å². The van der Waals surface area contributed by atoms with Crippen molar-refractivity contribution in [1.29, 1.82) is 0 Å². The quantitative estimate of drug-likeness (QED) is 0.743. The highest BCUT2D eigenvalue weighted by Crippen LogP contribution is 2.36. The number of nitrogens with one attached hydrogen (secondary N) is 1. The van der Waals surface area contributed by atoms with Gasteiger partial charge in [-0.25, -0.2) is 4.68 Å². The van der Waals surface area contributed by atoms with Gasteiger partial charge in [-0.3, -0.25) is 9.59 Å². The van der Waals surface area contributed by atoms with Crippen molar-refractivity contribution < 1.29 is 9.59 Å². The van der Waals surface area contributed by atoms with Crippen molar-refractivity contribution in [3.63, 3.8) is 0 Å². The summed E-state index contributed by atoms with van der Waals surface area (Å²) in [6.07, 6.45) is 2.15. The molecule has 2 aromatic rings. The molecule has 0 unspecified atom stereocenters. The largest absolute Gasteiger partial charge is 0.336 e. The summed E-state index contributed by atoms with van der Waals surface area (Å²) in [6.45, 7) is 3.95. The lowest BCUT2D eigenvalue weighted by molar-refractivity contribution is -0.131. The third-order valence-electron chi connectivity index (χ3n) is 4.37. The second-order valence-corrected chi connectivity index (χ2v) is 7.41. The summed E-state index contributed by atoms with van der Waals surface area (Å²) in [5.74, 6) is -0.167. The van der Waals surface area contributed by atoms with Crippen LogP contribution in [0.4, 0.5) is 5.69 Å². The number of benzene rings is 1. The molecule has 9 heteroatoms. The first kappa shape index (κ1) is 18.4. The predicted octanol–water partition coefficient (Wildman–Crippen LogP) is 1.81. The number of aromatic nitrogens is 4. The molecule has 1 aliphatic carbocycles. The first-order chi connectivity index (χ1) is 12.5. The highest BCUT2D eigenvalue weighted by atomic mass is 32.2. The average molecular weight is 374 g/mol. The summed E-state index contributed by atoms with van der Waals surface area (Å²) < 4.78 is 1.77. The molecule has 1 N–H and O–H groups in total. The molecule has 0 saturated heterocycles. The van der Waals surface area contributed by atoms with Gasteiger partial charge in [-0.2, -0.15) is 0 Å². The van der Waals surface area contributed by atoms with E-state index in [1.54, 1.807) is 11.7 Å². The standard InChI is InChI=1S/C17H22N6O2S/c1-11-5-4-6-14(12(11)2)18-15(24)9-22(3)16(25)10-26-17-19-20-21-23(17)13-7-8-13/h4-6,13H,7-10H2,1-3H3,(H,18,24). The SMILES string of the molecule is Cc1cccc(NC(=O)CN(C)C(=O)CSc2nnnn2C2CC2)c1C. The minimum atomic E-state index is -0.220. The molecule has 8 nitrogen and oxygen atoms in total. The van der Waals surface area contributed by atoms with Gasteiger partial charge in [0.05, 0.1) is 18.3 Å². The molecule has 2 amide bonds. The van der Waals surface area contributed by atoms with Crippen LogP contribution in [-0.4, -0.2) is 56.3 Å². The van der Waals surface area contributed by atoms with E-state index in [9.17, 15) is 9.59 Å². The Labute approximate surface area is 156 Å². The average Bonchev–Trinajstić information content (AvgIpc) is 3.34. The number of likely N-dealkylation sites (N-methyl/N-ethyl adjacent to an activating group) is 1. The molecular formula is C17H22N6O2S. The van der Waals surface area contributed by atoms with E-state index in [-0.39, 0.29) is 24.1 Å². The molecule has 26 heavy (non-hydrogen) atoms. The van der Waals surface area contributed by atoms with E-state index in [1.165, 1.54) is 16.7 Å². The normalized spacial score (nSPS) is 13.5. The molecule has 0 atom stereocenters. The van der Waals surface area contributed by atoms with Gasteiger partial charge in [0.1, 0.15) is 0 Å². The number of amides is 2. The molecule has 138 valence electrons. The van der Waals surface area contributed by atoms with Crippen molar-refractivity contribution in [3.05, 3.63) is 29.3 Å². The highest BCUT2D eigenvalue weighted by molar-refractivity contribution is 7.99. The van der Waals surface area contributed by atoms with Crippen LogP contribution in [0.5, 0.6) is 0 Å². The van der Waals surface area contributed by atoms with E-state index in [4.69, 9.17) is 0 Å². The van der Waals surface area contributed by atoms with E-state index < -0.39 is 0 Å². The van der Waals surface area contributed by atoms with E-state index in [2.05, 4.69) is 20.8 Å². The minimum absolute atomic E-state index is 0.000338. The Kier molecular flexibility index (Phi) is 5.55. The third-order valence-corrected chi connectivity index (χ3v) is 5.28. The first-order valence-corrected chi connectivity index (χ1v) is 9.45. The maximum Gasteiger partial charge on any atom is 0.243 e. The number of carbonyl (C=O) groups is 2. The Morgan fingerprint density at radius 2 is 2.12 bits per heavy atom. The third kappa shape index (κ3) is 4.40. The Morgan fingerprint density at radius 1 is 1.35 bits per heavy atom. The van der Waals surface area contributed by atoms with Gasteiger partial charge in [-0.05, 0) is 54.3 Å². The van der Waals surface area contributed by atoms with Crippen molar-refractivity contribution in [2.24, 2.45) is 0 Å². The predicted molar refractivity (Wildman–Crippen MR) is 99.0 cm³/mol. The van der Waals surface area contributed by atoms with Crippen LogP contribution in [0, 0.1) is 13.8 Å². The number of anilines is 1. The molecular weight excluding hydrogens is 352 g/mol. The van der Waals surface area contributed by atoms with Gasteiger partial charge < -0.3 is 10.2 Å². The molecule has 1 aromatic carbocycles. The van der Waals surface area contributed by atoms with Crippen LogP contribution in [0.1, 0.15) is 30.0 Å². The molecule has 1 saturated carbocycles. The second-order valence-electron chi connectivity index (χ2n) is 6.47. The van der Waals surface area contributed by atoms with Crippen molar-refractivity contribution in [2.75, 3.05) is 24.7 Å². The number of nitrogens with zero attached hydrogens (tertiary/aromatic N) is 5. The minimum Gasteiger partial charge on any atom is -0.336 e. The lowest BCUT2D eigenvalue weighted by Crippen LogP contribution is -2.36. The van der Waals surface area contributed by atoms with Crippen LogP contribution in [0.2, 0.25) is 0 Å².